The molecule has 0 spiro atoms. The third-order valence-electron chi connectivity index (χ3n) is 4.66. The first kappa shape index (κ1) is 30.7. The molecule has 0 bridgehead atoms. The highest BCUT2D eigenvalue weighted by molar-refractivity contribution is 5.94. The molecule has 0 aromatic carbocycles. The lowest BCUT2D eigenvalue weighted by Crippen LogP contribution is -2.58. The molecular weight excluding hydrogens is 458 g/mol. The van der Waals surface area contributed by atoms with Crippen LogP contribution in [0.3, 0.4) is 0 Å². The summed E-state index contributed by atoms with van der Waals surface area (Å²) in [5.74, 6) is -6.91. The van der Waals surface area contributed by atoms with Crippen LogP contribution in [0.1, 0.15) is 44.9 Å². The van der Waals surface area contributed by atoms with E-state index in [-0.39, 0.29) is 12.8 Å². The fourth-order valence-corrected chi connectivity index (χ4v) is 2.72. The van der Waals surface area contributed by atoms with Crippen molar-refractivity contribution >= 4 is 35.6 Å². The van der Waals surface area contributed by atoms with E-state index in [2.05, 4.69) is 10.6 Å². The van der Waals surface area contributed by atoms with Crippen molar-refractivity contribution in [1.82, 2.24) is 16.0 Å². The third kappa shape index (κ3) is 12.7. The Morgan fingerprint density at radius 1 is 0.676 bits per heavy atom. The minimum atomic E-state index is -1.65. The number of carbonyl (C=O) groups is 6. The first-order chi connectivity index (χ1) is 15.9. The van der Waals surface area contributed by atoms with Crippen molar-refractivity contribution in [1.29, 1.82) is 0 Å². The third-order valence-corrected chi connectivity index (χ3v) is 4.66. The summed E-state index contributed by atoms with van der Waals surface area (Å²) in [5.41, 5.74) is 11.1. The van der Waals surface area contributed by atoms with Gasteiger partial charge in [-0.1, -0.05) is 6.42 Å². The molecule has 0 saturated carbocycles. The minimum absolute atomic E-state index is 0.269. The summed E-state index contributed by atoms with van der Waals surface area (Å²) < 4.78 is 0. The first-order valence-electron chi connectivity index (χ1n) is 10.6. The molecule has 15 nitrogen and oxygen atoms in total. The Morgan fingerprint density at radius 3 is 1.62 bits per heavy atom. The summed E-state index contributed by atoms with van der Waals surface area (Å²) in [6.45, 7) is -0.553. The van der Waals surface area contributed by atoms with Gasteiger partial charge in [-0.25, -0.2) is 4.79 Å². The van der Waals surface area contributed by atoms with Crippen LogP contribution in [-0.2, 0) is 28.8 Å². The zero-order valence-electron chi connectivity index (χ0n) is 18.6. The van der Waals surface area contributed by atoms with Crippen molar-refractivity contribution in [3.8, 4) is 0 Å². The molecule has 4 unspecified atom stereocenters. The summed E-state index contributed by atoms with van der Waals surface area (Å²) in [6.07, 6.45) is -0.405. The number of carbonyl (C=O) groups excluding carboxylic acids is 3. The maximum atomic E-state index is 12.6. The number of nitrogens with two attached hydrogens (primary N) is 2. The second-order valence-electron chi connectivity index (χ2n) is 7.46. The van der Waals surface area contributed by atoms with Gasteiger partial charge in [0, 0.05) is 12.8 Å². The predicted molar refractivity (Wildman–Crippen MR) is 115 cm³/mol. The van der Waals surface area contributed by atoms with E-state index in [0.29, 0.717) is 19.4 Å². The van der Waals surface area contributed by atoms with E-state index in [1.54, 1.807) is 0 Å². The maximum absolute atomic E-state index is 12.6. The Balaban J connectivity index is 5.24. The van der Waals surface area contributed by atoms with Crippen LogP contribution in [0.2, 0.25) is 0 Å². The quantitative estimate of drug-likeness (QED) is 0.0853. The Hall–Kier alpha value is -3.30. The largest absolute Gasteiger partial charge is 0.481 e. The summed E-state index contributed by atoms with van der Waals surface area (Å²) >= 11 is 0. The van der Waals surface area contributed by atoms with Crippen molar-refractivity contribution in [2.45, 2.75) is 69.1 Å². The smallest absolute Gasteiger partial charge is 0.326 e. The van der Waals surface area contributed by atoms with Gasteiger partial charge in [0.2, 0.25) is 17.7 Å². The van der Waals surface area contributed by atoms with Gasteiger partial charge in [0.25, 0.3) is 0 Å². The average Bonchev–Trinajstić information content (AvgIpc) is 2.76. The summed E-state index contributed by atoms with van der Waals surface area (Å²) in [4.78, 5) is 70.1. The van der Waals surface area contributed by atoms with E-state index in [9.17, 15) is 33.9 Å². The van der Waals surface area contributed by atoms with Crippen LogP contribution >= 0.6 is 0 Å². The van der Waals surface area contributed by atoms with Crippen molar-refractivity contribution in [2.24, 2.45) is 11.5 Å². The molecule has 3 amide bonds. The van der Waals surface area contributed by atoms with Crippen molar-refractivity contribution in [2.75, 3.05) is 13.2 Å². The van der Waals surface area contributed by atoms with E-state index < -0.39 is 85.7 Å². The topological polar surface area (TPSA) is 271 Å². The standard InChI is InChI=1S/C19H33N5O10/c20-8-2-1-3-10(21)16(30)22-11(4-6-14(26)27)17(31)24-13(9-25)18(32)23-12(19(33)34)5-7-15(28)29/h10-13,25H,1-9,20-21H2,(H,22,30)(H,23,32)(H,24,31)(H,26,27)(H,28,29)(H,33,34). The number of unbranched alkanes of at least 4 members (excludes halogenated alkanes) is 1. The van der Waals surface area contributed by atoms with Crippen molar-refractivity contribution < 1.29 is 49.2 Å². The van der Waals surface area contributed by atoms with Crippen LogP contribution in [0.5, 0.6) is 0 Å². The van der Waals surface area contributed by atoms with Crippen LogP contribution in [-0.4, -0.2) is 93.4 Å². The van der Waals surface area contributed by atoms with Gasteiger partial charge in [-0.3, -0.25) is 24.0 Å². The minimum Gasteiger partial charge on any atom is -0.481 e. The molecule has 0 heterocycles. The zero-order valence-corrected chi connectivity index (χ0v) is 18.6. The molecule has 0 aromatic heterocycles. The van der Waals surface area contributed by atoms with E-state index in [4.69, 9.17) is 26.8 Å². The molecule has 194 valence electrons. The number of rotatable bonds is 18. The molecule has 0 fully saturated rings. The zero-order chi connectivity index (χ0) is 26.3. The molecule has 15 heteroatoms. The highest BCUT2D eigenvalue weighted by Crippen LogP contribution is 2.04. The number of aliphatic carboxylic acids is 3. The first-order valence-corrected chi connectivity index (χ1v) is 10.6. The van der Waals surface area contributed by atoms with Crippen LogP contribution in [0.4, 0.5) is 0 Å². The van der Waals surface area contributed by atoms with Gasteiger partial charge in [-0.2, -0.15) is 0 Å². The number of hydrogen-bond acceptors (Lipinski definition) is 9. The Labute approximate surface area is 195 Å². The van der Waals surface area contributed by atoms with Gasteiger partial charge in [0.15, 0.2) is 0 Å². The average molecular weight is 491 g/mol. The highest BCUT2D eigenvalue weighted by atomic mass is 16.4. The number of hydrogen-bond donors (Lipinski definition) is 9. The van der Waals surface area contributed by atoms with Crippen molar-refractivity contribution in [3.63, 3.8) is 0 Å². The number of carboxylic acid groups (broad SMARTS) is 3. The van der Waals surface area contributed by atoms with E-state index in [1.165, 1.54) is 0 Å². The van der Waals surface area contributed by atoms with Gasteiger partial charge in [-0.05, 0) is 32.2 Å². The van der Waals surface area contributed by atoms with Gasteiger partial charge in [-0.15, -0.1) is 0 Å². The van der Waals surface area contributed by atoms with Crippen molar-refractivity contribution in [3.05, 3.63) is 0 Å². The molecule has 0 rings (SSSR count). The Bertz CT molecular complexity index is 732. The maximum Gasteiger partial charge on any atom is 0.326 e. The number of carboxylic acids is 3. The number of nitrogens with one attached hydrogen (secondary N) is 3. The number of aliphatic hydroxyl groups excluding tert-OH is 1. The SMILES string of the molecule is NCCCCC(N)C(=O)NC(CCC(=O)O)C(=O)NC(CO)C(=O)NC(CCC(=O)O)C(=O)O. The molecule has 0 aliphatic heterocycles. The normalized spacial score (nSPS) is 14.2. The fourth-order valence-electron chi connectivity index (χ4n) is 2.72. The molecule has 0 aliphatic carbocycles. The molecule has 0 aromatic rings. The summed E-state index contributed by atoms with van der Waals surface area (Å²) in [5, 5.41) is 42.6. The Morgan fingerprint density at radius 2 is 1.15 bits per heavy atom. The summed E-state index contributed by atoms with van der Waals surface area (Å²) in [6, 6.07) is -5.65. The van der Waals surface area contributed by atoms with Gasteiger partial charge in [0.05, 0.1) is 12.6 Å². The highest BCUT2D eigenvalue weighted by Gasteiger charge is 2.30. The lowest BCUT2D eigenvalue weighted by molar-refractivity contribution is -0.143. The molecule has 34 heavy (non-hydrogen) atoms. The number of amides is 3. The van der Waals surface area contributed by atoms with Crippen LogP contribution in [0.15, 0.2) is 0 Å². The van der Waals surface area contributed by atoms with Crippen LogP contribution < -0.4 is 27.4 Å². The monoisotopic (exact) mass is 491 g/mol. The van der Waals surface area contributed by atoms with Gasteiger partial charge < -0.3 is 47.8 Å². The second-order valence-corrected chi connectivity index (χ2v) is 7.46. The predicted octanol–water partition coefficient (Wildman–Crippen LogP) is -3.30. The molecule has 11 N–H and O–H groups in total. The lowest BCUT2D eigenvalue weighted by atomic mass is 10.1. The molecular formula is C19H33N5O10. The molecule has 0 saturated heterocycles. The van der Waals surface area contributed by atoms with Gasteiger partial charge >= 0.3 is 17.9 Å². The van der Waals surface area contributed by atoms with E-state index in [0.717, 1.165) is 0 Å². The second kappa shape index (κ2) is 16.3. The van der Waals surface area contributed by atoms with Gasteiger partial charge in [0.1, 0.15) is 18.1 Å². The van der Waals surface area contributed by atoms with E-state index in [1.807, 2.05) is 5.32 Å². The molecule has 0 radical (unpaired) electrons. The van der Waals surface area contributed by atoms with E-state index >= 15 is 0 Å². The van der Waals surface area contributed by atoms with Crippen LogP contribution in [0.25, 0.3) is 0 Å². The summed E-state index contributed by atoms with van der Waals surface area (Å²) in [7, 11) is 0. The lowest BCUT2D eigenvalue weighted by Gasteiger charge is -2.24. The number of aliphatic hydroxyl groups is 1. The molecule has 0 aliphatic rings. The molecule has 4 atom stereocenters. The Kier molecular flexibility index (Phi) is 14.7. The fraction of sp³-hybridized carbons (Fsp3) is 0.684. The van der Waals surface area contributed by atoms with Crippen LogP contribution in [0, 0.1) is 0 Å².